The fraction of sp³-hybridized carbons (Fsp3) is 0.316. The zero-order valence-corrected chi connectivity index (χ0v) is 14.5. The maximum atomic E-state index is 12.9. The number of hydrogen-bond donors (Lipinski definition) is 1. The van der Waals surface area contributed by atoms with Gasteiger partial charge in [-0.25, -0.2) is 4.79 Å². The molecule has 4 rings (SSSR count). The number of aromatic nitrogens is 3. The summed E-state index contributed by atoms with van der Waals surface area (Å²) in [7, 11) is 1.95. The minimum atomic E-state index is -0.559. The zero-order chi connectivity index (χ0) is 18.3. The normalized spacial score (nSPS) is 17.1. The van der Waals surface area contributed by atoms with Crippen LogP contribution in [0, 0.1) is 0 Å². The Morgan fingerprint density at radius 1 is 1.19 bits per heavy atom. The van der Waals surface area contributed by atoms with Crippen molar-refractivity contribution in [2.24, 2.45) is 7.05 Å². The van der Waals surface area contributed by atoms with E-state index in [2.05, 4.69) is 4.98 Å². The van der Waals surface area contributed by atoms with Gasteiger partial charge in [-0.05, 0) is 37.1 Å². The standard InChI is InChI=1S/C19H20N4O3/c1-21-10-4-8-15(21)16-9-5-11-22(16)17(24)12-23-18(25)13-6-2-3-7-14(13)20-19(23)26/h2-4,6-8,10,16H,5,9,11-12H2,1H3,(H,20,26). The molecule has 0 bridgehead atoms. The van der Waals surface area contributed by atoms with Gasteiger partial charge in [-0.3, -0.25) is 14.2 Å². The van der Waals surface area contributed by atoms with E-state index in [1.807, 2.05) is 29.9 Å². The van der Waals surface area contributed by atoms with Crippen molar-refractivity contribution >= 4 is 16.8 Å². The second-order valence-corrected chi connectivity index (χ2v) is 6.66. The second kappa shape index (κ2) is 6.33. The highest BCUT2D eigenvalue weighted by atomic mass is 16.2. The summed E-state index contributed by atoms with van der Waals surface area (Å²) in [5.41, 5.74) is 0.550. The van der Waals surface area contributed by atoms with Gasteiger partial charge in [0, 0.05) is 25.5 Å². The van der Waals surface area contributed by atoms with E-state index in [1.165, 1.54) is 0 Å². The molecule has 3 heterocycles. The average molecular weight is 352 g/mol. The third kappa shape index (κ3) is 2.65. The number of aryl methyl sites for hydroxylation is 1. The van der Waals surface area contributed by atoms with Crippen molar-refractivity contribution in [3.63, 3.8) is 0 Å². The Morgan fingerprint density at radius 3 is 2.77 bits per heavy atom. The number of nitrogens with one attached hydrogen (secondary N) is 1. The molecule has 134 valence electrons. The fourth-order valence-corrected chi connectivity index (χ4v) is 3.76. The van der Waals surface area contributed by atoms with E-state index in [-0.39, 0.29) is 18.5 Å². The van der Waals surface area contributed by atoms with Crippen LogP contribution in [-0.4, -0.2) is 31.5 Å². The Labute approximate surface area is 149 Å². The maximum Gasteiger partial charge on any atom is 0.329 e. The molecule has 7 heteroatoms. The molecule has 26 heavy (non-hydrogen) atoms. The van der Waals surface area contributed by atoms with E-state index in [9.17, 15) is 14.4 Å². The summed E-state index contributed by atoms with van der Waals surface area (Å²) >= 11 is 0. The van der Waals surface area contributed by atoms with Crippen LogP contribution in [0.1, 0.15) is 24.6 Å². The minimum Gasteiger partial charge on any atom is -0.353 e. The van der Waals surface area contributed by atoms with Crippen LogP contribution >= 0.6 is 0 Å². The number of nitrogens with zero attached hydrogens (tertiary/aromatic N) is 3. The molecule has 1 aromatic carbocycles. The van der Waals surface area contributed by atoms with Gasteiger partial charge in [0.25, 0.3) is 5.56 Å². The number of H-pyrrole nitrogens is 1. The maximum absolute atomic E-state index is 12.9. The number of fused-ring (bicyclic) bond motifs is 1. The Hall–Kier alpha value is -3.09. The summed E-state index contributed by atoms with van der Waals surface area (Å²) in [6.07, 6.45) is 3.74. The van der Waals surface area contributed by atoms with Gasteiger partial charge in [0.1, 0.15) is 6.54 Å². The van der Waals surface area contributed by atoms with Crippen molar-refractivity contribution < 1.29 is 4.79 Å². The van der Waals surface area contributed by atoms with Gasteiger partial charge >= 0.3 is 5.69 Å². The molecule has 1 fully saturated rings. The first-order valence-electron chi connectivity index (χ1n) is 8.69. The van der Waals surface area contributed by atoms with Crippen molar-refractivity contribution in [2.45, 2.75) is 25.4 Å². The lowest BCUT2D eigenvalue weighted by Crippen LogP contribution is -2.42. The number of likely N-dealkylation sites (tertiary alicyclic amines) is 1. The van der Waals surface area contributed by atoms with Gasteiger partial charge in [0.2, 0.25) is 5.91 Å². The third-order valence-corrected chi connectivity index (χ3v) is 5.08. The van der Waals surface area contributed by atoms with Crippen LogP contribution in [-0.2, 0) is 18.4 Å². The average Bonchev–Trinajstić information content (AvgIpc) is 3.26. The van der Waals surface area contributed by atoms with E-state index < -0.39 is 11.2 Å². The topological polar surface area (TPSA) is 80.1 Å². The Balaban J connectivity index is 1.66. The lowest BCUT2D eigenvalue weighted by atomic mass is 10.1. The van der Waals surface area contributed by atoms with Crippen LogP contribution in [0.25, 0.3) is 10.9 Å². The van der Waals surface area contributed by atoms with Crippen molar-refractivity contribution in [1.82, 2.24) is 19.0 Å². The van der Waals surface area contributed by atoms with Crippen LogP contribution in [0.2, 0.25) is 0 Å². The molecule has 1 saturated heterocycles. The van der Waals surface area contributed by atoms with Crippen LogP contribution in [0.3, 0.4) is 0 Å². The first kappa shape index (κ1) is 16.4. The molecule has 3 aromatic rings. The molecule has 1 atom stereocenters. The smallest absolute Gasteiger partial charge is 0.329 e. The van der Waals surface area contributed by atoms with Crippen LogP contribution in [0.5, 0.6) is 0 Å². The summed E-state index contributed by atoms with van der Waals surface area (Å²) in [5, 5.41) is 0.403. The van der Waals surface area contributed by atoms with Gasteiger partial charge in [0.15, 0.2) is 0 Å². The molecule has 1 N–H and O–H groups in total. The molecular formula is C19H20N4O3. The molecule has 0 aliphatic carbocycles. The van der Waals surface area contributed by atoms with Crippen molar-refractivity contribution in [3.05, 3.63) is 69.1 Å². The number of benzene rings is 1. The summed E-state index contributed by atoms with van der Waals surface area (Å²) in [5.74, 6) is -0.211. The number of para-hydroxylation sites is 1. The van der Waals surface area contributed by atoms with Gasteiger partial charge in [-0.2, -0.15) is 0 Å². The highest BCUT2D eigenvalue weighted by Crippen LogP contribution is 2.31. The monoisotopic (exact) mass is 352 g/mol. The number of aromatic amines is 1. The molecule has 0 saturated carbocycles. The molecule has 1 aliphatic rings. The number of rotatable bonds is 3. The first-order valence-corrected chi connectivity index (χ1v) is 8.69. The largest absolute Gasteiger partial charge is 0.353 e. The zero-order valence-electron chi connectivity index (χ0n) is 14.5. The van der Waals surface area contributed by atoms with Crippen molar-refractivity contribution in [2.75, 3.05) is 6.54 Å². The SMILES string of the molecule is Cn1cccc1C1CCCN1C(=O)Cn1c(=O)[nH]c2ccccc2c1=O. The quantitative estimate of drug-likeness (QED) is 0.774. The van der Waals surface area contributed by atoms with Crippen LogP contribution in [0.4, 0.5) is 0 Å². The summed E-state index contributed by atoms with van der Waals surface area (Å²) in [6.45, 7) is 0.384. The number of carbonyl (C=O) groups excluding carboxylic acids is 1. The molecule has 1 amide bonds. The van der Waals surface area contributed by atoms with E-state index >= 15 is 0 Å². The molecule has 0 spiro atoms. The third-order valence-electron chi connectivity index (χ3n) is 5.08. The first-order chi connectivity index (χ1) is 12.6. The van der Waals surface area contributed by atoms with E-state index in [4.69, 9.17) is 0 Å². The molecule has 7 nitrogen and oxygen atoms in total. The Kier molecular flexibility index (Phi) is 3.99. The number of carbonyl (C=O) groups is 1. The number of hydrogen-bond acceptors (Lipinski definition) is 3. The Morgan fingerprint density at radius 2 is 2.00 bits per heavy atom. The summed E-state index contributed by atoms with van der Waals surface area (Å²) in [4.78, 5) is 42.3. The molecule has 2 aromatic heterocycles. The molecule has 1 aliphatic heterocycles. The van der Waals surface area contributed by atoms with Gasteiger partial charge < -0.3 is 14.5 Å². The lowest BCUT2D eigenvalue weighted by Gasteiger charge is -2.25. The predicted octanol–water partition coefficient (Wildman–Crippen LogP) is 1.39. The van der Waals surface area contributed by atoms with E-state index in [1.54, 1.807) is 29.2 Å². The fourth-order valence-electron chi connectivity index (χ4n) is 3.76. The van der Waals surface area contributed by atoms with E-state index in [0.29, 0.717) is 17.4 Å². The van der Waals surface area contributed by atoms with Crippen LogP contribution in [0.15, 0.2) is 52.2 Å². The van der Waals surface area contributed by atoms with Gasteiger partial charge in [-0.1, -0.05) is 12.1 Å². The molecule has 0 radical (unpaired) electrons. The van der Waals surface area contributed by atoms with Gasteiger partial charge in [0.05, 0.1) is 16.9 Å². The second-order valence-electron chi connectivity index (χ2n) is 6.66. The highest BCUT2D eigenvalue weighted by Gasteiger charge is 2.31. The van der Waals surface area contributed by atoms with Crippen LogP contribution < -0.4 is 11.2 Å². The number of amides is 1. The molecule has 1 unspecified atom stereocenters. The lowest BCUT2D eigenvalue weighted by molar-refractivity contribution is -0.133. The molecular weight excluding hydrogens is 332 g/mol. The van der Waals surface area contributed by atoms with Crippen molar-refractivity contribution in [3.8, 4) is 0 Å². The minimum absolute atomic E-state index is 0.0160. The summed E-state index contributed by atoms with van der Waals surface area (Å²) < 4.78 is 3.00. The van der Waals surface area contributed by atoms with E-state index in [0.717, 1.165) is 23.1 Å². The Bertz CT molecular complexity index is 1090. The summed E-state index contributed by atoms with van der Waals surface area (Å²) in [6, 6.07) is 10.8. The predicted molar refractivity (Wildman–Crippen MR) is 97.9 cm³/mol. The highest BCUT2D eigenvalue weighted by molar-refractivity contribution is 5.79. The van der Waals surface area contributed by atoms with Gasteiger partial charge in [-0.15, -0.1) is 0 Å². The van der Waals surface area contributed by atoms with Crippen molar-refractivity contribution in [1.29, 1.82) is 0 Å².